The third kappa shape index (κ3) is 7.27. The number of aromatic hydroxyl groups is 2. The van der Waals surface area contributed by atoms with Crippen molar-refractivity contribution in [3.8, 4) is 28.6 Å². The number of ether oxygens (including phenoxy) is 1. The number of phenolic OH excluding ortho intramolecular Hbond substituents is 1. The van der Waals surface area contributed by atoms with Crippen LogP contribution in [0.4, 0.5) is 0 Å². The molecule has 0 aliphatic heterocycles. The van der Waals surface area contributed by atoms with Crippen molar-refractivity contribution in [3.05, 3.63) is 52.7 Å². The quantitative estimate of drug-likeness (QED) is 0.0974. The van der Waals surface area contributed by atoms with Crippen LogP contribution in [-0.2, 0) is 19.2 Å². The Morgan fingerprint density at radius 2 is 1.82 bits per heavy atom. The van der Waals surface area contributed by atoms with Crippen molar-refractivity contribution in [1.82, 2.24) is 10.6 Å². The molecule has 0 fully saturated rings. The summed E-state index contributed by atoms with van der Waals surface area (Å²) in [6.45, 7) is -0.621. The van der Waals surface area contributed by atoms with E-state index < -0.39 is 59.3 Å². The largest absolute Gasteiger partial charge is 0.504 e. The van der Waals surface area contributed by atoms with Gasteiger partial charge in [-0.25, -0.2) is 4.79 Å². The maximum absolute atomic E-state index is 12.4. The van der Waals surface area contributed by atoms with Gasteiger partial charge in [0.2, 0.25) is 23.0 Å². The number of benzene rings is 2. The standard InChI is InChI=1S/C25H25N3O10S/c26-14(25(35)36)6-8-19(30)28-15(11-39)24(34)27-10-20(31)37-18-7-5-12(9-16(18)29)23-22(33)21(32)13-3-1-2-4-17(13)38-23/h1-5,7,9,14-15,29,33,39H,6,8,10-11,26H2,(H,27,34)(H,28,30)(H,35,36). The van der Waals surface area contributed by atoms with Gasteiger partial charge in [-0.15, -0.1) is 0 Å². The molecule has 3 rings (SSSR count). The summed E-state index contributed by atoms with van der Waals surface area (Å²) in [5, 5.41) is 34.2. The summed E-state index contributed by atoms with van der Waals surface area (Å²) in [4.78, 5) is 59.7. The van der Waals surface area contributed by atoms with Crippen molar-refractivity contribution in [1.29, 1.82) is 0 Å². The topological polar surface area (TPSA) is 218 Å². The average molecular weight is 560 g/mol. The monoisotopic (exact) mass is 559 g/mol. The number of nitrogens with two attached hydrogens (primary N) is 1. The second kappa shape index (κ2) is 12.8. The molecule has 1 aromatic heterocycles. The summed E-state index contributed by atoms with van der Waals surface area (Å²) in [6.07, 6.45) is -0.369. The highest BCUT2D eigenvalue weighted by molar-refractivity contribution is 7.80. The number of esters is 1. The number of nitrogens with one attached hydrogen (secondary N) is 2. The smallest absolute Gasteiger partial charge is 0.330 e. The Labute approximate surface area is 226 Å². The first-order valence-electron chi connectivity index (χ1n) is 11.5. The maximum Gasteiger partial charge on any atom is 0.330 e. The lowest BCUT2D eigenvalue weighted by Gasteiger charge is -2.16. The maximum atomic E-state index is 12.4. The number of carbonyl (C=O) groups is 4. The molecule has 1 heterocycles. The van der Waals surface area contributed by atoms with Gasteiger partial charge in [-0.1, -0.05) is 12.1 Å². The zero-order chi connectivity index (χ0) is 28.7. The first kappa shape index (κ1) is 29.0. The normalized spacial score (nSPS) is 12.4. The minimum atomic E-state index is -1.26. The van der Waals surface area contributed by atoms with Crippen molar-refractivity contribution in [3.63, 3.8) is 0 Å². The van der Waals surface area contributed by atoms with Gasteiger partial charge in [0.15, 0.2) is 17.3 Å². The van der Waals surface area contributed by atoms with Gasteiger partial charge in [0, 0.05) is 17.7 Å². The summed E-state index contributed by atoms with van der Waals surface area (Å²) in [7, 11) is 0. The van der Waals surface area contributed by atoms with E-state index in [1.54, 1.807) is 18.2 Å². The second-order valence-electron chi connectivity index (χ2n) is 8.27. The molecule has 14 heteroatoms. The molecule has 2 atom stereocenters. The molecule has 7 N–H and O–H groups in total. The number of rotatable bonds is 11. The third-order valence-electron chi connectivity index (χ3n) is 5.46. The molecule has 0 aliphatic carbocycles. The second-order valence-corrected chi connectivity index (χ2v) is 8.63. The van der Waals surface area contributed by atoms with Crippen LogP contribution in [-0.4, -0.2) is 63.5 Å². The number of carbonyl (C=O) groups excluding carboxylic acids is 3. The van der Waals surface area contributed by atoms with Gasteiger partial charge in [0.25, 0.3) is 0 Å². The first-order chi connectivity index (χ1) is 18.5. The van der Waals surface area contributed by atoms with E-state index in [1.807, 2.05) is 0 Å². The zero-order valence-corrected chi connectivity index (χ0v) is 21.1. The minimum Gasteiger partial charge on any atom is -0.504 e. The third-order valence-corrected chi connectivity index (χ3v) is 5.82. The van der Waals surface area contributed by atoms with Crippen LogP contribution in [0.15, 0.2) is 51.7 Å². The summed E-state index contributed by atoms with van der Waals surface area (Å²) >= 11 is 3.99. The Morgan fingerprint density at radius 3 is 2.49 bits per heavy atom. The van der Waals surface area contributed by atoms with Crippen LogP contribution in [0.1, 0.15) is 12.8 Å². The first-order valence-corrected chi connectivity index (χ1v) is 12.1. The number of phenols is 1. The lowest BCUT2D eigenvalue weighted by atomic mass is 10.1. The van der Waals surface area contributed by atoms with Crippen LogP contribution in [0.2, 0.25) is 0 Å². The van der Waals surface area contributed by atoms with Gasteiger partial charge >= 0.3 is 11.9 Å². The highest BCUT2D eigenvalue weighted by atomic mass is 32.1. The van der Waals surface area contributed by atoms with E-state index >= 15 is 0 Å². The molecule has 3 aromatic rings. The molecule has 13 nitrogen and oxygen atoms in total. The summed E-state index contributed by atoms with van der Waals surface area (Å²) in [5.74, 6) is -5.33. The molecule has 0 bridgehead atoms. The molecule has 0 saturated carbocycles. The van der Waals surface area contributed by atoms with Gasteiger partial charge < -0.3 is 40.8 Å². The molecular formula is C25H25N3O10S. The SMILES string of the molecule is NC(CCC(=O)NC(CS)C(=O)NCC(=O)Oc1ccc(-c2oc3ccccc3c(=O)c2O)cc1O)C(=O)O. The molecule has 0 radical (unpaired) electrons. The Kier molecular flexibility index (Phi) is 9.52. The molecule has 206 valence electrons. The molecule has 0 saturated heterocycles. The fourth-order valence-corrected chi connectivity index (χ4v) is 3.64. The summed E-state index contributed by atoms with van der Waals surface area (Å²) in [5.41, 5.74) is 5.05. The fourth-order valence-electron chi connectivity index (χ4n) is 3.38. The van der Waals surface area contributed by atoms with Gasteiger partial charge in [0.1, 0.15) is 24.2 Å². The van der Waals surface area contributed by atoms with Crippen molar-refractivity contribution in [2.45, 2.75) is 24.9 Å². The van der Waals surface area contributed by atoms with E-state index in [9.17, 15) is 34.2 Å². The number of thiol groups is 1. The van der Waals surface area contributed by atoms with Crippen molar-refractivity contribution >= 4 is 47.4 Å². The Balaban J connectivity index is 1.59. The molecule has 0 spiro atoms. The molecule has 2 aromatic carbocycles. The van der Waals surface area contributed by atoms with E-state index in [1.165, 1.54) is 18.2 Å². The van der Waals surface area contributed by atoms with E-state index in [2.05, 4.69) is 23.3 Å². The number of fused-ring (bicyclic) bond motifs is 1. The number of para-hydroxylation sites is 1. The van der Waals surface area contributed by atoms with E-state index in [4.69, 9.17) is 20.0 Å². The zero-order valence-electron chi connectivity index (χ0n) is 20.2. The summed E-state index contributed by atoms with van der Waals surface area (Å²) < 4.78 is 10.7. The number of carboxylic acid groups (broad SMARTS) is 1. The van der Waals surface area contributed by atoms with E-state index in [0.717, 1.165) is 6.07 Å². The van der Waals surface area contributed by atoms with Crippen LogP contribution in [0.25, 0.3) is 22.3 Å². The van der Waals surface area contributed by atoms with Crippen LogP contribution in [0, 0.1) is 0 Å². The van der Waals surface area contributed by atoms with E-state index in [-0.39, 0.29) is 46.6 Å². The molecule has 2 amide bonds. The van der Waals surface area contributed by atoms with Crippen molar-refractivity contribution < 1.29 is 43.7 Å². The fraction of sp³-hybridized carbons (Fsp3) is 0.240. The Morgan fingerprint density at radius 1 is 1.10 bits per heavy atom. The highest BCUT2D eigenvalue weighted by Crippen LogP contribution is 2.35. The molecule has 0 aliphatic rings. The van der Waals surface area contributed by atoms with Crippen LogP contribution in [0.3, 0.4) is 0 Å². The lowest BCUT2D eigenvalue weighted by Crippen LogP contribution is -2.49. The highest BCUT2D eigenvalue weighted by Gasteiger charge is 2.22. The number of hydrogen-bond acceptors (Lipinski definition) is 11. The summed E-state index contributed by atoms with van der Waals surface area (Å²) in [6, 6.07) is 7.63. The predicted molar refractivity (Wildman–Crippen MR) is 141 cm³/mol. The number of hydrogen-bond donors (Lipinski definition) is 7. The van der Waals surface area contributed by atoms with Crippen LogP contribution in [0.5, 0.6) is 17.2 Å². The van der Waals surface area contributed by atoms with Crippen molar-refractivity contribution in [2.24, 2.45) is 5.73 Å². The van der Waals surface area contributed by atoms with E-state index in [0.29, 0.717) is 0 Å². The number of aliphatic carboxylic acids is 1. The van der Waals surface area contributed by atoms with Crippen LogP contribution < -0.4 is 26.5 Å². The van der Waals surface area contributed by atoms with Gasteiger partial charge in [-0.2, -0.15) is 12.6 Å². The Hall–Kier alpha value is -4.56. The van der Waals surface area contributed by atoms with Gasteiger partial charge in [0.05, 0.1) is 5.39 Å². The number of carboxylic acids is 1. The average Bonchev–Trinajstić information content (AvgIpc) is 2.92. The van der Waals surface area contributed by atoms with Gasteiger partial charge in [-0.05, 0) is 36.8 Å². The molecular weight excluding hydrogens is 534 g/mol. The lowest BCUT2D eigenvalue weighted by molar-refractivity contribution is -0.139. The molecule has 2 unspecified atom stereocenters. The van der Waals surface area contributed by atoms with Crippen LogP contribution >= 0.6 is 12.6 Å². The molecule has 39 heavy (non-hydrogen) atoms. The van der Waals surface area contributed by atoms with Gasteiger partial charge in [-0.3, -0.25) is 19.2 Å². The van der Waals surface area contributed by atoms with Crippen molar-refractivity contribution in [2.75, 3.05) is 12.3 Å². The Bertz CT molecular complexity index is 1470. The minimum absolute atomic E-state index is 0.113. The number of amides is 2. The predicted octanol–water partition coefficient (Wildman–Crippen LogP) is 0.500.